The average molecular weight is 238 g/mol. The predicted octanol–water partition coefficient (Wildman–Crippen LogP) is 3.05. The first kappa shape index (κ1) is 13.9. The Bertz CT molecular complexity index is 350. The summed E-state index contributed by atoms with van der Waals surface area (Å²) in [6, 6.07) is 0. The maximum absolute atomic E-state index is 12.0. The zero-order chi connectivity index (χ0) is 13.2. The van der Waals surface area contributed by atoms with Gasteiger partial charge < -0.3 is 5.11 Å². The second-order valence-corrected chi connectivity index (χ2v) is 5.57. The van der Waals surface area contributed by atoms with Crippen molar-refractivity contribution in [2.75, 3.05) is 0 Å². The van der Waals surface area contributed by atoms with Gasteiger partial charge in [-0.25, -0.2) is 0 Å². The van der Waals surface area contributed by atoms with Crippen LogP contribution in [0.1, 0.15) is 47.0 Å². The van der Waals surface area contributed by atoms with E-state index in [-0.39, 0.29) is 41.2 Å². The molecule has 0 radical (unpaired) electrons. The number of carbonyl (C=O) groups excluding carboxylic acids is 2. The lowest BCUT2D eigenvalue weighted by molar-refractivity contribution is -0.118. The summed E-state index contributed by atoms with van der Waals surface area (Å²) in [5.41, 5.74) is 0.0637. The molecular formula is C14H22O3. The van der Waals surface area contributed by atoms with E-state index in [1.54, 1.807) is 13.8 Å². The van der Waals surface area contributed by atoms with Crippen LogP contribution >= 0.6 is 0 Å². The normalized spacial score (nSPS) is 24.0. The van der Waals surface area contributed by atoms with Crippen LogP contribution in [0.25, 0.3) is 0 Å². The molecule has 0 amide bonds. The number of rotatable bonds is 4. The highest BCUT2D eigenvalue weighted by atomic mass is 16.3. The quantitative estimate of drug-likeness (QED) is 0.465. The summed E-state index contributed by atoms with van der Waals surface area (Å²) >= 11 is 0. The number of hydrogen-bond donors (Lipinski definition) is 1. The minimum atomic E-state index is -0.208. The molecule has 1 saturated carbocycles. The second-order valence-electron chi connectivity index (χ2n) is 5.57. The van der Waals surface area contributed by atoms with Gasteiger partial charge in [-0.3, -0.25) is 9.59 Å². The van der Waals surface area contributed by atoms with Gasteiger partial charge in [0.1, 0.15) is 5.76 Å². The molecule has 0 unspecified atom stereocenters. The number of carbonyl (C=O) groups is 2. The molecule has 1 aliphatic carbocycles. The summed E-state index contributed by atoms with van der Waals surface area (Å²) in [6.45, 7) is 7.77. The second kappa shape index (κ2) is 5.48. The fraction of sp³-hybridized carbons (Fsp3) is 0.714. The van der Waals surface area contributed by atoms with E-state index in [4.69, 9.17) is 0 Å². The highest BCUT2D eigenvalue weighted by Crippen LogP contribution is 2.31. The van der Waals surface area contributed by atoms with Gasteiger partial charge in [-0.15, -0.1) is 0 Å². The summed E-state index contributed by atoms with van der Waals surface area (Å²) in [5, 5.41) is 9.80. The van der Waals surface area contributed by atoms with Gasteiger partial charge in [0.15, 0.2) is 11.6 Å². The molecule has 1 atom stereocenters. The van der Waals surface area contributed by atoms with Crippen LogP contribution in [0.4, 0.5) is 0 Å². The Hall–Kier alpha value is -1.12. The van der Waals surface area contributed by atoms with Crippen LogP contribution < -0.4 is 0 Å². The molecule has 0 spiro atoms. The molecule has 0 aliphatic heterocycles. The Labute approximate surface area is 103 Å². The molecule has 1 fully saturated rings. The van der Waals surface area contributed by atoms with Crippen LogP contribution in [-0.4, -0.2) is 16.7 Å². The number of hydrogen-bond acceptors (Lipinski definition) is 3. The Morgan fingerprint density at radius 2 is 1.88 bits per heavy atom. The molecule has 1 rings (SSSR count). The lowest BCUT2D eigenvalue weighted by Gasteiger charge is -2.09. The van der Waals surface area contributed by atoms with Crippen molar-refractivity contribution in [3.63, 3.8) is 0 Å². The first-order valence-corrected chi connectivity index (χ1v) is 6.35. The molecule has 0 heterocycles. The zero-order valence-electron chi connectivity index (χ0n) is 11.1. The van der Waals surface area contributed by atoms with Crippen LogP contribution in [0, 0.1) is 17.8 Å². The van der Waals surface area contributed by atoms with Gasteiger partial charge in [-0.2, -0.15) is 0 Å². The lowest BCUT2D eigenvalue weighted by atomic mass is 9.95. The van der Waals surface area contributed by atoms with Crippen molar-refractivity contribution in [1.29, 1.82) is 0 Å². The van der Waals surface area contributed by atoms with Crippen molar-refractivity contribution >= 4 is 11.6 Å². The van der Waals surface area contributed by atoms with Gasteiger partial charge >= 0.3 is 0 Å². The third kappa shape index (κ3) is 3.18. The van der Waals surface area contributed by atoms with E-state index in [9.17, 15) is 14.7 Å². The average Bonchev–Trinajstić information content (AvgIpc) is 2.50. The first-order chi connectivity index (χ1) is 7.84. The van der Waals surface area contributed by atoms with Crippen molar-refractivity contribution < 1.29 is 14.7 Å². The van der Waals surface area contributed by atoms with Gasteiger partial charge in [-0.05, 0) is 12.3 Å². The third-order valence-electron chi connectivity index (χ3n) is 3.22. The summed E-state index contributed by atoms with van der Waals surface area (Å²) < 4.78 is 0. The molecule has 0 bridgehead atoms. The van der Waals surface area contributed by atoms with Crippen molar-refractivity contribution in [2.45, 2.75) is 47.0 Å². The van der Waals surface area contributed by atoms with Gasteiger partial charge in [0.25, 0.3) is 0 Å². The van der Waals surface area contributed by atoms with Crippen LogP contribution in [0.5, 0.6) is 0 Å². The molecule has 0 aromatic carbocycles. The zero-order valence-corrected chi connectivity index (χ0v) is 11.1. The minimum absolute atomic E-state index is 0.0351. The molecular weight excluding hydrogens is 216 g/mol. The standard InChI is InChI=1S/C14H22O3/c1-8(2)5-6-10-7-11(15)12(14(10)17)13(16)9(3)4/h8-10,16H,5-7H2,1-4H3/t10-/m0/s1. The first-order valence-electron chi connectivity index (χ1n) is 6.35. The highest BCUT2D eigenvalue weighted by Gasteiger charge is 2.38. The summed E-state index contributed by atoms with van der Waals surface area (Å²) in [4.78, 5) is 23.8. The largest absolute Gasteiger partial charge is 0.511 e. The van der Waals surface area contributed by atoms with E-state index in [1.165, 1.54) is 0 Å². The lowest BCUT2D eigenvalue weighted by Crippen LogP contribution is -2.12. The monoisotopic (exact) mass is 238 g/mol. The van der Waals surface area contributed by atoms with Gasteiger partial charge in [-0.1, -0.05) is 34.1 Å². The number of Topliss-reactive ketones (excluding diaryl/α,β-unsaturated/α-hetero) is 2. The number of aliphatic hydroxyl groups excluding tert-OH is 1. The van der Waals surface area contributed by atoms with Gasteiger partial charge in [0.05, 0.1) is 5.57 Å². The Morgan fingerprint density at radius 1 is 1.29 bits per heavy atom. The maximum atomic E-state index is 12.0. The highest BCUT2D eigenvalue weighted by molar-refractivity contribution is 6.26. The summed E-state index contributed by atoms with van der Waals surface area (Å²) in [7, 11) is 0. The third-order valence-corrected chi connectivity index (χ3v) is 3.22. The van der Waals surface area contributed by atoms with Crippen molar-refractivity contribution in [2.24, 2.45) is 17.8 Å². The number of allylic oxidation sites excluding steroid dienone is 2. The molecule has 0 aromatic heterocycles. The topological polar surface area (TPSA) is 54.4 Å². The molecule has 1 aliphatic rings. The number of ketones is 2. The fourth-order valence-corrected chi connectivity index (χ4v) is 2.09. The van der Waals surface area contributed by atoms with E-state index < -0.39 is 0 Å². The van der Waals surface area contributed by atoms with Gasteiger partial charge in [0, 0.05) is 18.3 Å². The van der Waals surface area contributed by atoms with E-state index >= 15 is 0 Å². The molecule has 1 N–H and O–H groups in total. The van der Waals surface area contributed by atoms with Crippen molar-refractivity contribution in [1.82, 2.24) is 0 Å². The Kier molecular flexibility index (Phi) is 4.49. The van der Waals surface area contributed by atoms with E-state index in [1.807, 2.05) is 0 Å². The van der Waals surface area contributed by atoms with Crippen LogP contribution in [0.2, 0.25) is 0 Å². The summed E-state index contributed by atoms with van der Waals surface area (Å²) in [5.74, 6) is -0.212. The van der Waals surface area contributed by atoms with Crippen molar-refractivity contribution in [3.8, 4) is 0 Å². The molecule has 96 valence electrons. The molecule has 3 heteroatoms. The molecule has 17 heavy (non-hydrogen) atoms. The van der Waals surface area contributed by atoms with Crippen LogP contribution in [-0.2, 0) is 9.59 Å². The Balaban J connectivity index is 2.83. The van der Waals surface area contributed by atoms with E-state index in [0.717, 1.165) is 12.8 Å². The minimum Gasteiger partial charge on any atom is -0.511 e. The van der Waals surface area contributed by atoms with E-state index in [2.05, 4.69) is 13.8 Å². The molecule has 0 saturated heterocycles. The summed E-state index contributed by atoms with van der Waals surface area (Å²) in [6.07, 6.45) is 1.97. The van der Waals surface area contributed by atoms with E-state index in [0.29, 0.717) is 5.92 Å². The maximum Gasteiger partial charge on any atom is 0.173 e. The molecule has 0 aromatic rings. The fourth-order valence-electron chi connectivity index (χ4n) is 2.09. The number of aliphatic hydroxyl groups is 1. The SMILES string of the molecule is CC(C)CC[C@H]1CC(=O)C(=C(O)C(C)C)C1=O. The molecule has 3 nitrogen and oxygen atoms in total. The predicted molar refractivity (Wildman–Crippen MR) is 66.7 cm³/mol. The van der Waals surface area contributed by atoms with Crippen LogP contribution in [0.3, 0.4) is 0 Å². The van der Waals surface area contributed by atoms with Crippen LogP contribution in [0.15, 0.2) is 11.3 Å². The van der Waals surface area contributed by atoms with Gasteiger partial charge in [0.2, 0.25) is 0 Å². The Morgan fingerprint density at radius 3 is 2.35 bits per heavy atom. The smallest absolute Gasteiger partial charge is 0.173 e. The van der Waals surface area contributed by atoms with Crippen molar-refractivity contribution in [3.05, 3.63) is 11.3 Å².